The second-order valence-electron chi connectivity index (χ2n) is 5.23. The molecule has 5 nitrogen and oxygen atoms in total. The number of thiocarbonyl (C=S) groups is 1. The summed E-state index contributed by atoms with van der Waals surface area (Å²) in [5.41, 5.74) is 6.28. The second kappa shape index (κ2) is 9.60. The lowest BCUT2D eigenvalue weighted by molar-refractivity contribution is 0.0941. The SMILES string of the molecule is O=C(NNC(=S)NC[C@H](Cl)Cc1ccc(Br)cc1)c1ccccc1O. The van der Waals surface area contributed by atoms with Gasteiger partial charge in [0.2, 0.25) is 0 Å². The number of hydrogen-bond donors (Lipinski definition) is 4. The summed E-state index contributed by atoms with van der Waals surface area (Å²) in [5, 5.41) is 12.6. The lowest BCUT2D eigenvalue weighted by Crippen LogP contribution is -2.48. The van der Waals surface area contributed by atoms with Crippen LogP contribution in [0.1, 0.15) is 15.9 Å². The van der Waals surface area contributed by atoms with E-state index in [2.05, 4.69) is 32.1 Å². The van der Waals surface area contributed by atoms with Crippen LogP contribution in [0, 0.1) is 0 Å². The molecule has 0 bridgehead atoms. The first-order valence-corrected chi connectivity index (χ1v) is 9.10. The van der Waals surface area contributed by atoms with Crippen molar-refractivity contribution in [2.75, 3.05) is 6.54 Å². The highest BCUT2D eigenvalue weighted by Crippen LogP contribution is 2.15. The molecule has 0 saturated heterocycles. The summed E-state index contributed by atoms with van der Waals surface area (Å²) in [6.45, 7) is 0.440. The molecule has 2 rings (SSSR count). The molecule has 0 heterocycles. The zero-order valence-electron chi connectivity index (χ0n) is 13.1. The van der Waals surface area contributed by atoms with Gasteiger partial charge >= 0.3 is 0 Å². The van der Waals surface area contributed by atoms with E-state index in [1.54, 1.807) is 12.1 Å². The van der Waals surface area contributed by atoms with Crippen LogP contribution in [-0.4, -0.2) is 28.0 Å². The number of para-hydroxylation sites is 1. The van der Waals surface area contributed by atoms with Gasteiger partial charge in [-0.25, -0.2) is 0 Å². The minimum atomic E-state index is -0.487. The topological polar surface area (TPSA) is 73.4 Å². The van der Waals surface area contributed by atoms with Crippen molar-refractivity contribution in [2.45, 2.75) is 11.8 Å². The van der Waals surface area contributed by atoms with E-state index in [9.17, 15) is 9.90 Å². The van der Waals surface area contributed by atoms with Gasteiger partial charge in [0.15, 0.2) is 5.11 Å². The van der Waals surface area contributed by atoms with Crippen molar-refractivity contribution >= 4 is 50.8 Å². The number of amides is 1. The van der Waals surface area contributed by atoms with Gasteiger partial charge < -0.3 is 10.4 Å². The highest BCUT2D eigenvalue weighted by atomic mass is 79.9. The summed E-state index contributed by atoms with van der Waals surface area (Å²) < 4.78 is 1.02. The van der Waals surface area contributed by atoms with Crippen molar-refractivity contribution in [3.8, 4) is 5.75 Å². The van der Waals surface area contributed by atoms with Crippen molar-refractivity contribution in [3.05, 3.63) is 64.1 Å². The van der Waals surface area contributed by atoms with Crippen molar-refractivity contribution in [1.29, 1.82) is 0 Å². The van der Waals surface area contributed by atoms with Crippen molar-refractivity contribution in [3.63, 3.8) is 0 Å². The van der Waals surface area contributed by atoms with Gasteiger partial charge in [-0.2, -0.15) is 0 Å². The molecule has 0 aromatic heterocycles. The normalized spacial score (nSPS) is 11.4. The molecule has 2 aromatic rings. The summed E-state index contributed by atoms with van der Waals surface area (Å²) >= 11 is 14.8. The Labute approximate surface area is 164 Å². The number of aromatic hydroxyl groups is 1. The van der Waals surface area contributed by atoms with Crippen LogP contribution in [-0.2, 0) is 6.42 Å². The standard InChI is InChI=1S/C17H17BrClN3O2S/c18-12-7-5-11(6-8-12)9-13(19)10-20-17(25)22-21-16(24)14-3-1-2-4-15(14)23/h1-8,13,23H,9-10H2,(H,21,24)(H2,20,22,25)/t13-/m1/s1. The van der Waals surface area contributed by atoms with Crippen LogP contribution in [0.25, 0.3) is 0 Å². The number of carbonyl (C=O) groups excluding carboxylic acids is 1. The van der Waals surface area contributed by atoms with Crippen LogP contribution >= 0.6 is 39.7 Å². The first-order valence-electron chi connectivity index (χ1n) is 7.46. The predicted octanol–water partition coefficient (Wildman–Crippen LogP) is 3.11. The number of nitrogens with one attached hydrogen (secondary N) is 3. The minimum absolute atomic E-state index is 0.101. The van der Waals surface area contributed by atoms with Crippen LogP contribution in [0.2, 0.25) is 0 Å². The van der Waals surface area contributed by atoms with Crippen molar-refractivity contribution in [2.24, 2.45) is 0 Å². The monoisotopic (exact) mass is 441 g/mol. The Kier molecular flexibility index (Phi) is 7.49. The first kappa shape index (κ1) is 19.5. The molecular formula is C17H17BrClN3O2S. The summed E-state index contributed by atoms with van der Waals surface area (Å²) in [7, 11) is 0. The maximum atomic E-state index is 11.9. The fourth-order valence-electron chi connectivity index (χ4n) is 2.04. The maximum Gasteiger partial charge on any atom is 0.273 e. The van der Waals surface area contributed by atoms with Crippen LogP contribution in [0.15, 0.2) is 53.0 Å². The lowest BCUT2D eigenvalue weighted by Gasteiger charge is -2.15. The smallest absolute Gasteiger partial charge is 0.273 e. The van der Waals surface area contributed by atoms with E-state index in [-0.39, 0.29) is 21.8 Å². The second-order valence-corrected chi connectivity index (χ2v) is 7.18. The minimum Gasteiger partial charge on any atom is -0.507 e. The zero-order chi connectivity index (χ0) is 18.2. The Morgan fingerprint density at radius 2 is 1.84 bits per heavy atom. The molecule has 0 spiro atoms. The zero-order valence-corrected chi connectivity index (χ0v) is 16.3. The summed E-state index contributed by atoms with van der Waals surface area (Å²) in [5.74, 6) is -0.587. The third-order valence-electron chi connectivity index (χ3n) is 3.29. The Morgan fingerprint density at radius 3 is 2.52 bits per heavy atom. The van der Waals surface area contributed by atoms with E-state index >= 15 is 0 Å². The molecule has 8 heteroatoms. The number of alkyl halides is 1. The molecule has 132 valence electrons. The van der Waals surface area contributed by atoms with E-state index in [0.29, 0.717) is 13.0 Å². The number of hydrazine groups is 1. The molecule has 2 aromatic carbocycles. The molecule has 0 unspecified atom stereocenters. The van der Waals surface area contributed by atoms with Gasteiger partial charge in [-0.1, -0.05) is 40.2 Å². The van der Waals surface area contributed by atoms with E-state index in [4.69, 9.17) is 23.8 Å². The number of benzene rings is 2. The van der Waals surface area contributed by atoms with Gasteiger partial charge in [0.05, 0.1) is 10.9 Å². The number of phenols is 1. The van der Waals surface area contributed by atoms with Crippen LogP contribution < -0.4 is 16.2 Å². The molecule has 0 aliphatic heterocycles. The molecule has 0 fully saturated rings. The van der Waals surface area contributed by atoms with Crippen LogP contribution in [0.3, 0.4) is 0 Å². The molecule has 4 N–H and O–H groups in total. The molecule has 0 radical (unpaired) electrons. The average molecular weight is 443 g/mol. The Bertz CT molecular complexity index is 743. The number of hydrogen-bond acceptors (Lipinski definition) is 3. The Balaban J connectivity index is 1.72. The predicted molar refractivity (Wildman–Crippen MR) is 107 cm³/mol. The highest BCUT2D eigenvalue weighted by molar-refractivity contribution is 9.10. The Hall–Kier alpha value is -1.83. The highest BCUT2D eigenvalue weighted by Gasteiger charge is 2.11. The summed E-state index contributed by atoms with van der Waals surface area (Å²) in [6, 6.07) is 14.2. The van der Waals surface area contributed by atoms with Gasteiger partial charge in [-0.15, -0.1) is 11.6 Å². The summed E-state index contributed by atoms with van der Waals surface area (Å²) in [4.78, 5) is 11.9. The van der Waals surface area contributed by atoms with Gasteiger partial charge in [0.25, 0.3) is 5.91 Å². The molecule has 1 atom stereocenters. The van der Waals surface area contributed by atoms with Crippen LogP contribution in [0.5, 0.6) is 5.75 Å². The van der Waals surface area contributed by atoms with Crippen LogP contribution in [0.4, 0.5) is 0 Å². The van der Waals surface area contributed by atoms with Gasteiger partial charge in [0.1, 0.15) is 5.75 Å². The van der Waals surface area contributed by atoms with Gasteiger partial charge in [-0.3, -0.25) is 15.6 Å². The van der Waals surface area contributed by atoms with Gasteiger partial charge in [-0.05, 0) is 48.5 Å². The van der Waals surface area contributed by atoms with E-state index in [1.807, 2.05) is 24.3 Å². The number of halogens is 2. The molecule has 0 aliphatic carbocycles. The Morgan fingerprint density at radius 1 is 1.16 bits per heavy atom. The third kappa shape index (κ3) is 6.53. The third-order valence-corrected chi connectivity index (χ3v) is 4.38. The fraction of sp³-hybridized carbons (Fsp3) is 0.176. The molecule has 25 heavy (non-hydrogen) atoms. The number of rotatable bonds is 5. The van der Waals surface area contributed by atoms with E-state index in [0.717, 1.165) is 10.0 Å². The molecule has 0 saturated carbocycles. The lowest BCUT2D eigenvalue weighted by atomic mass is 10.1. The fourth-order valence-corrected chi connectivity index (χ4v) is 2.70. The van der Waals surface area contributed by atoms with E-state index in [1.165, 1.54) is 12.1 Å². The molecular weight excluding hydrogens is 426 g/mol. The van der Waals surface area contributed by atoms with E-state index < -0.39 is 5.91 Å². The summed E-state index contributed by atoms with van der Waals surface area (Å²) in [6.07, 6.45) is 0.689. The van der Waals surface area contributed by atoms with Crippen molar-refractivity contribution < 1.29 is 9.90 Å². The van der Waals surface area contributed by atoms with Gasteiger partial charge in [0, 0.05) is 11.0 Å². The maximum absolute atomic E-state index is 11.9. The average Bonchev–Trinajstić information content (AvgIpc) is 2.60. The van der Waals surface area contributed by atoms with Crippen molar-refractivity contribution in [1.82, 2.24) is 16.2 Å². The molecule has 1 amide bonds. The first-order chi connectivity index (χ1) is 12.0. The number of carbonyl (C=O) groups is 1. The number of phenolic OH excluding ortho intramolecular Hbond substituents is 1. The molecule has 0 aliphatic rings. The largest absolute Gasteiger partial charge is 0.507 e. The quantitative estimate of drug-likeness (QED) is 0.325.